The van der Waals surface area contributed by atoms with Crippen molar-refractivity contribution in [3.63, 3.8) is 0 Å². The van der Waals surface area contributed by atoms with Crippen molar-refractivity contribution in [1.82, 2.24) is 30.0 Å². The first-order chi connectivity index (χ1) is 26.9. The molecule has 7 rings (SSSR count). The van der Waals surface area contributed by atoms with Gasteiger partial charge < -0.3 is 25.3 Å². The molecule has 2 saturated heterocycles. The lowest BCUT2D eigenvalue weighted by Gasteiger charge is -2.36. The predicted octanol–water partition coefficient (Wildman–Crippen LogP) is 5.63. The van der Waals surface area contributed by atoms with Crippen LogP contribution in [0.2, 0.25) is 0 Å². The van der Waals surface area contributed by atoms with E-state index >= 15 is 0 Å². The number of alkyl halides is 5. The molecule has 5 aromatic rings. The average Bonchev–Trinajstić information content (AvgIpc) is 3.85. The van der Waals surface area contributed by atoms with Crippen molar-refractivity contribution >= 4 is 40.6 Å². The fraction of sp³-hybridized carbons (Fsp3) is 0.297. The number of amides is 3. The third kappa shape index (κ3) is 9.28. The maximum absolute atomic E-state index is 14.0. The van der Waals surface area contributed by atoms with Crippen LogP contribution in [0.5, 0.6) is 0 Å². The highest BCUT2D eigenvalue weighted by Crippen LogP contribution is 2.29. The first kappa shape index (κ1) is 37.9. The van der Waals surface area contributed by atoms with Gasteiger partial charge in [0.25, 0.3) is 12.3 Å². The molecule has 292 valence electrons. The van der Waals surface area contributed by atoms with Crippen LogP contribution in [-0.4, -0.2) is 87.3 Å². The number of benzene rings is 2. The summed E-state index contributed by atoms with van der Waals surface area (Å²) in [5.41, 5.74) is 2.46. The zero-order valence-corrected chi connectivity index (χ0v) is 29.5. The number of rotatable bonds is 12. The Balaban J connectivity index is 0.927. The van der Waals surface area contributed by atoms with Crippen LogP contribution >= 0.6 is 0 Å². The zero-order valence-electron chi connectivity index (χ0n) is 29.5. The second-order valence-electron chi connectivity index (χ2n) is 13.2. The van der Waals surface area contributed by atoms with Crippen LogP contribution in [0.4, 0.5) is 44.8 Å². The second-order valence-corrected chi connectivity index (χ2v) is 13.2. The minimum absolute atomic E-state index is 0.0900. The Hall–Kier alpha value is -6.37. The number of oxazole rings is 1. The Morgan fingerprint density at radius 1 is 0.982 bits per heavy atom. The third-order valence-corrected chi connectivity index (χ3v) is 9.20. The van der Waals surface area contributed by atoms with Gasteiger partial charge in [-0.1, -0.05) is 12.1 Å². The van der Waals surface area contributed by atoms with Crippen molar-refractivity contribution in [2.75, 3.05) is 53.6 Å². The van der Waals surface area contributed by atoms with Crippen molar-refractivity contribution in [1.29, 1.82) is 0 Å². The average molecular weight is 779 g/mol. The lowest BCUT2D eigenvalue weighted by molar-refractivity contribution is -0.133. The molecule has 0 aliphatic carbocycles. The first-order valence-electron chi connectivity index (χ1n) is 17.6. The van der Waals surface area contributed by atoms with Gasteiger partial charge in [0.15, 0.2) is 11.4 Å². The summed E-state index contributed by atoms with van der Waals surface area (Å²) in [4.78, 5) is 48.9. The Morgan fingerprint density at radius 2 is 1.71 bits per heavy atom. The quantitative estimate of drug-likeness (QED) is 0.0919. The number of hydrogen-bond donors (Lipinski definition) is 4. The van der Waals surface area contributed by atoms with E-state index in [1.165, 1.54) is 29.2 Å². The number of nitrogens with one attached hydrogen (secondary N) is 4. The van der Waals surface area contributed by atoms with E-state index in [0.717, 1.165) is 55.9 Å². The second kappa shape index (κ2) is 16.2. The molecular formula is C37H35F5N10O4. The topological polar surface area (TPSA) is 163 Å². The molecule has 14 nitrogen and oxygen atoms in total. The summed E-state index contributed by atoms with van der Waals surface area (Å²) in [5, 5.41) is 14.1. The lowest BCUT2D eigenvalue weighted by Crippen LogP contribution is -2.47. The van der Waals surface area contributed by atoms with Gasteiger partial charge in [-0.05, 0) is 60.5 Å². The van der Waals surface area contributed by atoms with Gasteiger partial charge >= 0.3 is 6.18 Å². The van der Waals surface area contributed by atoms with E-state index < -0.39 is 36.8 Å². The number of imide groups is 1. The molecule has 0 bridgehead atoms. The van der Waals surface area contributed by atoms with Gasteiger partial charge in [-0.3, -0.25) is 24.6 Å². The van der Waals surface area contributed by atoms with Crippen LogP contribution in [0.15, 0.2) is 83.7 Å². The zero-order chi connectivity index (χ0) is 39.4. The van der Waals surface area contributed by atoms with E-state index in [9.17, 15) is 36.3 Å². The van der Waals surface area contributed by atoms with E-state index in [2.05, 4.69) is 46.1 Å². The van der Waals surface area contributed by atoms with E-state index in [-0.39, 0.29) is 40.5 Å². The highest BCUT2D eigenvalue weighted by atomic mass is 19.4. The van der Waals surface area contributed by atoms with Gasteiger partial charge in [-0.15, -0.1) is 0 Å². The molecule has 2 aliphatic rings. The monoisotopic (exact) mass is 778 g/mol. The number of hydrogen-bond acceptors (Lipinski definition) is 11. The maximum Gasteiger partial charge on any atom is 0.405 e. The maximum atomic E-state index is 14.0. The molecular weight excluding hydrogens is 743 g/mol. The van der Waals surface area contributed by atoms with Crippen molar-refractivity contribution in [3.8, 4) is 17.1 Å². The molecule has 1 atom stereocenters. The van der Waals surface area contributed by atoms with E-state index in [0.29, 0.717) is 18.5 Å². The standard InChI is InChI=1S/C37H35F5N10O4/c38-33(39)32-28(46-35(55)29-20-56-36(47-29)23-11-12-43-30(17-23)44-21-37(40,41)42)19-52(49-32)26-7-5-25(6-8-26)51-15-13-50(14-16-51)18-22-1-3-24(4-2-22)45-27-9-10-31(53)48-34(27)54/h1-8,11-12,17,19-20,27,33,45H,9-10,13-16,18,21H2,(H,43,44)(H,46,55)(H,48,53,54). The summed E-state index contributed by atoms with van der Waals surface area (Å²) in [6.45, 7) is 2.61. The Bertz CT molecular complexity index is 2180. The van der Waals surface area contributed by atoms with Crippen molar-refractivity contribution in [2.24, 2.45) is 0 Å². The van der Waals surface area contributed by atoms with Crippen LogP contribution in [-0.2, 0) is 16.1 Å². The third-order valence-electron chi connectivity index (χ3n) is 9.20. The molecule has 4 N–H and O–H groups in total. The van der Waals surface area contributed by atoms with Crippen molar-refractivity contribution < 1.29 is 40.8 Å². The molecule has 3 aromatic heterocycles. The van der Waals surface area contributed by atoms with Gasteiger partial charge in [0.1, 0.15) is 24.7 Å². The predicted molar refractivity (Wildman–Crippen MR) is 194 cm³/mol. The number of anilines is 4. The SMILES string of the molecule is O=C1CCC(Nc2ccc(CN3CCN(c4ccc(-n5cc(NC(=O)c6coc(-c7ccnc(NCC(F)(F)F)c7)n6)c(C(F)F)n5)cc4)CC3)cc2)C(=O)N1. The highest BCUT2D eigenvalue weighted by Gasteiger charge is 2.28. The largest absolute Gasteiger partial charge is 0.444 e. The number of halogens is 5. The summed E-state index contributed by atoms with van der Waals surface area (Å²) in [5.74, 6) is -1.61. The molecule has 2 aromatic carbocycles. The van der Waals surface area contributed by atoms with E-state index in [4.69, 9.17) is 4.42 Å². The summed E-state index contributed by atoms with van der Waals surface area (Å²) in [6, 6.07) is 17.4. The van der Waals surface area contributed by atoms with Crippen molar-refractivity contribution in [2.45, 2.75) is 38.0 Å². The van der Waals surface area contributed by atoms with Gasteiger partial charge in [-0.2, -0.15) is 18.3 Å². The molecule has 2 aliphatic heterocycles. The summed E-state index contributed by atoms with van der Waals surface area (Å²) in [7, 11) is 0. The molecule has 19 heteroatoms. The number of carbonyl (C=O) groups is 3. The molecule has 0 saturated carbocycles. The lowest BCUT2D eigenvalue weighted by atomic mass is 10.1. The number of pyridine rings is 1. The van der Waals surface area contributed by atoms with Crippen molar-refractivity contribution in [3.05, 3.63) is 96.3 Å². The van der Waals surface area contributed by atoms with Crippen LogP contribution in [0, 0.1) is 0 Å². The number of carbonyl (C=O) groups excluding carboxylic acids is 3. The molecule has 0 spiro atoms. The Morgan fingerprint density at radius 3 is 2.41 bits per heavy atom. The van der Waals surface area contributed by atoms with Gasteiger partial charge in [0.05, 0.1) is 17.6 Å². The summed E-state index contributed by atoms with van der Waals surface area (Å²) in [6.07, 6.45) is -3.20. The van der Waals surface area contributed by atoms with Crippen LogP contribution in [0.25, 0.3) is 17.1 Å². The van der Waals surface area contributed by atoms with Crippen LogP contribution in [0.3, 0.4) is 0 Å². The van der Waals surface area contributed by atoms with Gasteiger partial charge in [0, 0.05) is 62.3 Å². The van der Waals surface area contributed by atoms with E-state index in [1.807, 2.05) is 36.4 Å². The number of aromatic nitrogens is 4. The fourth-order valence-corrected chi connectivity index (χ4v) is 6.30. The number of nitrogens with zero attached hydrogens (tertiary/aromatic N) is 6. The van der Waals surface area contributed by atoms with E-state index in [1.54, 1.807) is 12.1 Å². The normalized spacial score (nSPS) is 16.5. The molecule has 2 fully saturated rings. The highest BCUT2D eigenvalue weighted by molar-refractivity contribution is 6.03. The fourth-order valence-electron chi connectivity index (χ4n) is 6.30. The van der Waals surface area contributed by atoms with Gasteiger partial charge in [-0.25, -0.2) is 23.4 Å². The summed E-state index contributed by atoms with van der Waals surface area (Å²) >= 11 is 0. The molecule has 0 radical (unpaired) electrons. The van der Waals surface area contributed by atoms with Crippen LogP contribution in [0.1, 0.15) is 41.0 Å². The Kier molecular flexibility index (Phi) is 10.9. The smallest absolute Gasteiger partial charge is 0.405 e. The number of piperidine rings is 1. The van der Waals surface area contributed by atoms with Crippen LogP contribution < -0.4 is 26.2 Å². The molecule has 56 heavy (non-hydrogen) atoms. The molecule has 5 heterocycles. The summed E-state index contributed by atoms with van der Waals surface area (Å²) < 4.78 is 72.4. The first-order valence-corrected chi connectivity index (χ1v) is 17.6. The number of piperazine rings is 1. The minimum atomic E-state index is -4.46. The van der Waals surface area contributed by atoms with Gasteiger partial charge in [0.2, 0.25) is 17.7 Å². The molecule has 1 unspecified atom stereocenters. The molecule has 3 amide bonds. The Labute approximate surface area is 316 Å². The minimum Gasteiger partial charge on any atom is -0.444 e.